The summed E-state index contributed by atoms with van der Waals surface area (Å²) in [7, 11) is 1.31. The number of aryl methyl sites for hydroxylation is 1. The predicted octanol–water partition coefficient (Wildman–Crippen LogP) is 3.84. The third kappa shape index (κ3) is 4.39. The number of rotatable bonds is 5. The van der Waals surface area contributed by atoms with Crippen molar-refractivity contribution in [1.29, 1.82) is 0 Å². The fourth-order valence-corrected chi connectivity index (χ4v) is 5.75. The van der Waals surface area contributed by atoms with Gasteiger partial charge >= 0.3 is 6.18 Å². The standard InChI is InChI=1S/C27H25F4N7O2/c1-40-26-17(8-15(10-33-26)22-9-18(27(29,30)31)23-24(32)34-13-35-38(22)23)25(39)36-20-12-37(11-19(20)28)21-7-6-14-4-2-3-5-16(14)21/h2-5,8-10,13,19-21H,6-7,11-12H2,1H3,(H,36,39)(H2,32,34,35)/t19-,20+,21?/m0/s1. The molecule has 0 bridgehead atoms. The van der Waals surface area contributed by atoms with Gasteiger partial charge in [-0.1, -0.05) is 24.3 Å². The first kappa shape index (κ1) is 26.0. The van der Waals surface area contributed by atoms with Crippen LogP contribution in [0.3, 0.4) is 0 Å². The van der Waals surface area contributed by atoms with Gasteiger partial charge in [0.05, 0.1) is 24.4 Å². The highest BCUT2D eigenvalue weighted by molar-refractivity contribution is 5.98. The fraction of sp³-hybridized carbons (Fsp3) is 0.333. The van der Waals surface area contributed by atoms with Gasteiger partial charge in [-0.15, -0.1) is 0 Å². The van der Waals surface area contributed by atoms with Crippen molar-refractivity contribution in [3.8, 4) is 17.1 Å². The number of alkyl halides is 4. The number of fused-ring (bicyclic) bond motifs is 2. The maximum absolute atomic E-state index is 15.2. The van der Waals surface area contributed by atoms with E-state index in [9.17, 15) is 18.0 Å². The zero-order valence-electron chi connectivity index (χ0n) is 21.3. The second-order valence-corrected chi connectivity index (χ2v) is 9.93. The van der Waals surface area contributed by atoms with E-state index >= 15 is 4.39 Å². The molecule has 208 valence electrons. The van der Waals surface area contributed by atoms with Gasteiger partial charge in [-0.3, -0.25) is 9.69 Å². The number of aromatic nitrogens is 4. The number of nitrogens with two attached hydrogens (primary N) is 1. The Balaban J connectivity index is 1.29. The lowest BCUT2D eigenvalue weighted by Gasteiger charge is -2.24. The number of anilines is 1. The van der Waals surface area contributed by atoms with Gasteiger partial charge in [0.25, 0.3) is 5.91 Å². The Labute approximate surface area is 226 Å². The number of likely N-dealkylation sites (tertiary alicyclic amines) is 1. The Hall–Kier alpha value is -4.26. The van der Waals surface area contributed by atoms with Crippen LogP contribution in [0, 0.1) is 0 Å². The van der Waals surface area contributed by atoms with Crippen LogP contribution >= 0.6 is 0 Å². The normalized spacial score (nSPS) is 21.1. The molecule has 3 atom stereocenters. The maximum Gasteiger partial charge on any atom is 0.418 e. The van der Waals surface area contributed by atoms with Crippen LogP contribution in [0.25, 0.3) is 16.8 Å². The van der Waals surface area contributed by atoms with Crippen molar-refractivity contribution in [2.45, 2.75) is 37.3 Å². The highest BCUT2D eigenvalue weighted by Crippen LogP contribution is 2.40. The van der Waals surface area contributed by atoms with E-state index in [4.69, 9.17) is 10.5 Å². The minimum absolute atomic E-state index is 0.00376. The number of nitrogens with one attached hydrogen (secondary N) is 1. The molecule has 1 aromatic carbocycles. The minimum atomic E-state index is -4.73. The lowest BCUT2D eigenvalue weighted by molar-refractivity contribution is -0.136. The molecule has 0 saturated carbocycles. The first-order chi connectivity index (χ1) is 19.2. The van der Waals surface area contributed by atoms with Crippen molar-refractivity contribution in [3.63, 3.8) is 0 Å². The minimum Gasteiger partial charge on any atom is -0.480 e. The number of amides is 1. The Morgan fingerprint density at radius 1 is 1.18 bits per heavy atom. The maximum atomic E-state index is 15.2. The molecular formula is C27H25F4N7O2. The van der Waals surface area contributed by atoms with E-state index in [-0.39, 0.29) is 41.1 Å². The molecule has 3 N–H and O–H groups in total. The van der Waals surface area contributed by atoms with E-state index in [0.29, 0.717) is 6.54 Å². The molecule has 1 saturated heterocycles. The highest BCUT2D eigenvalue weighted by atomic mass is 19.4. The summed E-state index contributed by atoms with van der Waals surface area (Å²) in [4.78, 5) is 23.2. The van der Waals surface area contributed by atoms with Crippen LogP contribution in [0.15, 0.2) is 48.9 Å². The van der Waals surface area contributed by atoms with Gasteiger partial charge in [-0.05, 0) is 36.1 Å². The number of hydrogen-bond acceptors (Lipinski definition) is 7. The van der Waals surface area contributed by atoms with E-state index in [2.05, 4.69) is 32.5 Å². The molecular weight excluding hydrogens is 530 g/mol. The van der Waals surface area contributed by atoms with Crippen LogP contribution in [0.2, 0.25) is 0 Å². The third-order valence-corrected chi connectivity index (χ3v) is 7.61. The van der Waals surface area contributed by atoms with E-state index in [1.807, 2.05) is 17.0 Å². The van der Waals surface area contributed by atoms with E-state index in [1.54, 1.807) is 0 Å². The quantitative estimate of drug-likeness (QED) is 0.360. The number of carbonyl (C=O) groups excluding carboxylic acids is 1. The summed E-state index contributed by atoms with van der Waals surface area (Å²) in [6.07, 6.45) is -1.93. The molecule has 0 spiro atoms. The van der Waals surface area contributed by atoms with Gasteiger partial charge in [0.2, 0.25) is 5.88 Å². The zero-order chi connectivity index (χ0) is 28.2. The number of nitrogens with zero attached hydrogens (tertiary/aromatic N) is 5. The first-order valence-electron chi connectivity index (χ1n) is 12.7. The van der Waals surface area contributed by atoms with Gasteiger partial charge in [-0.2, -0.15) is 18.3 Å². The molecule has 0 radical (unpaired) electrons. The Morgan fingerprint density at radius 2 is 1.98 bits per heavy atom. The van der Waals surface area contributed by atoms with Gasteiger partial charge in [0.15, 0.2) is 5.82 Å². The Bertz CT molecular complexity index is 1610. The molecule has 1 amide bonds. The van der Waals surface area contributed by atoms with Gasteiger partial charge in [0.1, 0.15) is 23.6 Å². The van der Waals surface area contributed by atoms with Crippen molar-refractivity contribution in [1.82, 2.24) is 29.8 Å². The van der Waals surface area contributed by atoms with Crippen molar-refractivity contribution < 1.29 is 27.1 Å². The number of nitrogen functional groups attached to an aromatic ring is 1. The van der Waals surface area contributed by atoms with Crippen LogP contribution in [0.5, 0.6) is 5.88 Å². The molecule has 1 fully saturated rings. The predicted molar refractivity (Wildman–Crippen MR) is 137 cm³/mol. The van der Waals surface area contributed by atoms with Crippen molar-refractivity contribution in [2.24, 2.45) is 0 Å². The fourth-order valence-electron chi connectivity index (χ4n) is 5.75. The highest BCUT2D eigenvalue weighted by Gasteiger charge is 2.40. The summed E-state index contributed by atoms with van der Waals surface area (Å²) >= 11 is 0. The summed E-state index contributed by atoms with van der Waals surface area (Å²) in [5.41, 5.74) is 6.84. The molecule has 13 heteroatoms. The Kier molecular flexibility index (Phi) is 6.32. The summed E-state index contributed by atoms with van der Waals surface area (Å²) in [6, 6.07) is 9.61. The van der Waals surface area contributed by atoms with E-state index in [1.165, 1.54) is 30.5 Å². The number of pyridine rings is 1. The van der Waals surface area contributed by atoms with Crippen LogP contribution in [-0.4, -0.2) is 62.8 Å². The van der Waals surface area contributed by atoms with Crippen LogP contribution < -0.4 is 15.8 Å². The topological polar surface area (TPSA) is 111 Å². The van der Waals surface area contributed by atoms with Gasteiger partial charge < -0.3 is 15.8 Å². The number of benzene rings is 1. The lowest BCUT2D eigenvalue weighted by atomic mass is 10.1. The molecule has 1 aliphatic heterocycles. The molecule has 1 unspecified atom stereocenters. The zero-order valence-corrected chi connectivity index (χ0v) is 21.3. The first-order valence-corrected chi connectivity index (χ1v) is 12.7. The molecule has 9 nitrogen and oxygen atoms in total. The summed E-state index contributed by atoms with van der Waals surface area (Å²) in [5.74, 6) is -1.06. The number of methoxy groups -OCH3 is 1. The molecule has 40 heavy (non-hydrogen) atoms. The second-order valence-electron chi connectivity index (χ2n) is 9.93. The van der Waals surface area contributed by atoms with E-state index < -0.39 is 35.4 Å². The van der Waals surface area contributed by atoms with Gasteiger partial charge in [0, 0.05) is 30.9 Å². The van der Waals surface area contributed by atoms with Crippen molar-refractivity contribution in [2.75, 3.05) is 25.9 Å². The van der Waals surface area contributed by atoms with Gasteiger partial charge in [-0.25, -0.2) is 18.9 Å². The molecule has 4 heterocycles. The smallest absolute Gasteiger partial charge is 0.418 e. The van der Waals surface area contributed by atoms with Crippen LogP contribution in [0.1, 0.15) is 39.5 Å². The SMILES string of the molecule is COc1ncc(-c2cc(C(F)(F)F)c3c(N)ncnn23)cc1C(=O)N[C@@H]1CN(C2CCc3ccccc32)C[C@@H]1F. The number of ether oxygens (including phenoxy) is 1. The molecule has 4 aromatic rings. The molecule has 3 aromatic heterocycles. The largest absolute Gasteiger partial charge is 0.480 e. The Morgan fingerprint density at radius 3 is 2.75 bits per heavy atom. The average Bonchev–Trinajstić information content (AvgIpc) is 3.64. The number of carbonyl (C=O) groups is 1. The molecule has 2 aliphatic rings. The summed E-state index contributed by atoms with van der Waals surface area (Å²) in [6.45, 7) is 0.493. The number of hydrogen-bond donors (Lipinski definition) is 2. The van der Waals surface area contributed by atoms with Crippen LogP contribution in [0.4, 0.5) is 23.4 Å². The molecule has 6 rings (SSSR count). The average molecular weight is 556 g/mol. The summed E-state index contributed by atoms with van der Waals surface area (Å²) < 4.78 is 62.7. The lowest BCUT2D eigenvalue weighted by Crippen LogP contribution is -2.41. The summed E-state index contributed by atoms with van der Waals surface area (Å²) in [5, 5.41) is 6.68. The van der Waals surface area contributed by atoms with E-state index in [0.717, 1.165) is 29.8 Å². The third-order valence-electron chi connectivity index (χ3n) is 7.61. The second kappa shape index (κ2) is 9.73. The number of halogens is 4. The van der Waals surface area contributed by atoms with Crippen molar-refractivity contribution >= 4 is 17.2 Å². The van der Waals surface area contributed by atoms with Crippen molar-refractivity contribution in [3.05, 3.63) is 71.2 Å². The monoisotopic (exact) mass is 555 g/mol. The molecule has 1 aliphatic carbocycles. The van der Waals surface area contributed by atoms with Crippen LogP contribution in [-0.2, 0) is 12.6 Å².